The molecule has 20 nitrogen and oxygen atoms in total. The van der Waals surface area contributed by atoms with Crippen LogP contribution in [0.4, 0.5) is 20.8 Å². The van der Waals surface area contributed by atoms with Gasteiger partial charge >= 0.3 is 201 Å². The van der Waals surface area contributed by atoms with E-state index in [2.05, 4.69) is 24.3 Å². The number of rotatable bonds is 4. The van der Waals surface area contributed by atoms with Crippen molar-refractivity contribution in [2.75, 3.05) is 14.2 Å². The van der Waals surface area contributed by atoms with Gasteiger partial charge in [0.15, 0.2) is 7.14 Å². The van der Waals surface area contributed by atoms with Crippen LogP contribution in [0.15, 0.2) is 48.5 Å². The molecule has 33 heteroatoms. The first-order valence-corrected chi connectivity index (χ1v) is 30.7. The number of hydrogen-bond donors (Lipinski definition) is 11. The molecule has 0 aliphatic carbocycles. The molecule has 0 saturated carbocycles. The third-order valence-electron chi connectivity index (χ3n) is 2.32. The molecule has 47 heavy (non-hydrogen) atoms. The number of methoxy groups -OCH3 is 2. The Balaban J connectivity index is -0.000000164. The Morgan fingerprint density at radius 1 is 0.468 bits per heavy atom. The summed E-state index contributed by atoms with van der Waals surface area (Å²) in [6.45, 7) is 0. The maximum absolute atomic E-state index is 10.4. The first-order chi connectivity index (χ1) is 20.3. The van der Waals surface area contributed by atoms with Crippen LogP contribution in [0.5, 0.6) is 11.5 Å². The van der Waals surface area contributed by atoms with E-state index in [1.807, 2.05) is 24.3 Å². The van der Waals surface area contributed by atoms with Crippen LogP contribution in [-0.2, 0) is 22.4 Å². The Kier molecular flexibility index (Phi) is 32.1. The Bertz CT molecular complexity index is 1140. The molecule has 1 atom stereocenters. The van der Waals surface area contributed by atoms with Crippen LogP contribution < -0.4 is 34.8 Å². The van der Waals surface area contributed by atoms with Gasteiger partial charge in [-0.1, -0.05) is 0 Å². The topological polar surface area (TPSA) is 366 Å². The standard InChI is InChI=1S/C14H14IO2.6AsFH2O3/c1-16-13-7-3-11(4-8-13)15-12-5-9-14(17-2)10-6-12;6*2-1(3,4)5/h3-10H,1-2H3;6*(H2,3,4,5)/q+1;;;;;;/p-1. The van der Waals surface area contributed by atoms with Crippen molar-refractivity contribution in [3.8, 4) is 11.5 Å². The van der Waals surface area contributed by atoms with Crippen molar-refractivity contribution in [3.63, 3.8) is 0 Å². The summed E-state index contributed by atoms with van der Waals surface area (Å²) < 4.78 is 213. The molecule has 0 aliphatic rings. The van der Waals surface area contributed by atoms with Crippen molar-refractivity contribution in [1.82, 2.24) is 0 Å². The zero-order valence-corrected chi connectivity index (χ0v) is 36.0. The molecule has 0 bridgehead atoms. The van der Waals surface area contributed by atoms with Gasteiger partial charge in [-0.25, -0.2) is 0 Å². The Morgan fingerprint density at radius 2 is 0.596 bits per heavy atom. The van der Waals surface area contributed by atoms with Gasteiger partial charge in [0.25, 0.3) is 0 Å². The second-order valence-corrected chi connectivity index (χ2v) is 21.1. The molecule has 0 fully saturated rings. The summed E-state index contributed by atoms with van der Waals surface area (Å²) in [6.07, 6.45) is 0. The van der Waals surface area contributed by atoms with E-state index in [9.17, 15) is 20.8 Å². The monoisotopic (exact) mass is 1200 g/mol. The van der Waals surface area contributed by atoms with E-state index in [-0.39, 0.29) is 21.2 Å². The first-order valence-electron chi connectivity index (χ1n) is 9.74. The van der Waals surface area contributed by atoms with Crippen molar-refractivity contribution < 1.29 is 123 Å². The van der Waals surface area contributed by atoms with Crippen LogP contribution >= 0.6 is 0 Å². The predicted octanol–water partition coefficient (Wildman–Crippen LogP) is -7.96. The first kappa shape index (κ1) is 56.4. The van der Waals surface area contributed by atoms with E-state index >= 15 is 0 Å². The molecular formula is C14H25As6F6IO20. The zero-order chi connectivity index (χ0) is 39.1. The molecule has 0 amide bonds. The van der Waals surface area contributed by atoms with E-state index in [0.717, 1.165) is 11.5 Å². The molecule has 2 aromatic carbocycles. The average molecular weight is 1200 g/mol. The van der Waals surface area contributed by atoms with Gasteiger partial charge in [0.1, 0.15) is 11.5 Å². The Morgan fingerprint density at radius 3 is 0.702 bits per heavy atom. The molecule has 11 N–H and O–H groups in total. The fourth-order valence-electron chi connectivity index (χ4n) is 1.39. The van der Waals surface area contributed by atoms with Gasteiger partial charge in [0, 0.05) is 0 Å². The number of benzene rings is 2. The molecular weight excluding hydrogens is 1180 g/mol. The van der Waals surface area contributed by atoms with Gasteiger partial charge in [0.05, 0.1) is 14.2 Å². The molecule has 0 spiro atoms. The quantitative estimate of drug-likeness (QED) is 0.0769. The second-order valence-electron chi connectivity index (χ2n) is 6.23. The number of halogens is 7. The van der Waals surface area contributed by atoms with Crippen molar-refractivity contribution in [1.29, 1.82) is 0 Å². The van der Waals surface area contributed by atoms with E-state index in [0.29, 0.717) is 0 Å². The predicted molar refractivity (Wildman–Crippen MR) is 133 cm³/mol. The fourth-order valence-corrected chi connectivity index (χ4v) is 3.55. The average Bonchev–Trinajstić information content (AvgIpc) is 2.73. The summed E-state index contributed by atoms with van der Waals surface area (Å²) in [5.41, 5.74) is 0. The van der Waals surface area contributed by atoms with Crippen LogP contribution in [0.2, 0.25) is 0 Å². The summed E-state index contributed by atoms with van der Waals surface area (Å²) in [5, 5.41) is 0. The van der Waals surface area contributed by atoms with Gasteiger partial charge in [-0.05, 0) is 48.5 Å². The van der Waals surface area contributed by atoms with E-state index in [1.165, 1.54) is 7.14 Å². The van der Waals surface area contributed by atoms with Crippen molar-refractivity contribution in [2.24, 2.45) is 0 Å². The summed E-state index contributed by atoms with van der Waals surface area (Å²) in [7, 11) is 3.38. The molecule has 0 heterocycles. The summed E-state index contributed by atoms with van der Waals surface area (Å²) in [6, 6.07) is 16.6. The minimum atomic E-state index is -5.88. The van der Waals surface area contributed by atoms with Crippen LogP contribution in [-0.4, -0.2) is 147 Å². The van der Waals surface area contributed by atoms with E-state index in [1.54, 1.807) is 14.2 Å². The Hall–Kier alpha value is 0.0206. The fraction of sp³-hybridized carbons (Fsp3) is 0.143. The summed E-state index contributed by atoms with van der Waals surface area (Å²) in [5.74, 6) is 1.82. The molecule has 2 rings (SSSR count). The molecule has 0 radical (unpaired) electrons. The van der Waals surface area contributed by atoms with E-state index < -0.39 is 87.9 Å². The maximum atomic E-state index is 10.4. The molecule has 0 saturated heterocycles. The second kappa shape index (κ2) is 26.8. The van der Waals surface area contributed by atoms with Gasteiger partial charge in [-0.2, -0.15) is 0 Å². The third kappa shape index (κ3) is 114. The number of ether oxygens (including phenoxy) is 2. The molecule has 1 unspecified atom stereocenters. The number of hydrogen-bond acceptors (Lipinski definition) is 9. The molecule has 280 valence electrons. The van der Waals surface area contributed by atoms with Crippen LogP contribution in [0.3, 0.4) is 0 Å². The van der Waals surface area contributed by atoms with Gasteiger partial charge < -0.3 is 9.47 Å². The summed E-state index contributed by atoms with van der Waals surface area (Å²) in [4.78, 5) is 0. The van der Waals surface area contributed by atoms with Gasteiger partial charge in [-0.3, -0.25) is 0 Å². The van der Waals surface area contributed by atoms with E-state index in [4.69, 9.17) is 81.1 Å². The van der Waals surface area contributed by atoms with Crippen molar-refractivity contribution in [2.45, 2.75) is 0 Å². The van der Waals surface area contributed by atoms with Crippen molar-refractivity contribution >= 4 is 87.9 Å². The van der Waals surface area contributed by atoms with Crippen molar-refractivity contribution in [3.05, 3.63) is 55.7 Å². The minimum absolute atomic E-state index is 0.119. The van der Waals surface area contributed by atoms with Crippen LogP contribution in [0.1, 0.15) is 0 Å². The zero-order valence-electron chi connectivity index (χ0n) is 22.5. The summed E-state index contributed by atoms with van der Waals surface area (Å²) >= 11 is -34.1. The molecule has 2 aromatic rings. The van der Waals surface area contributed by atoms with Gasteiger partial charge in [0.2, 0.25) is 0 Å². The van der Waals surface area contributed by atoms with Crippen LogP contribution in [0, 0.1) is 7.14 Å². The molecule has 0 aromatic heterocycles. The SMILES string of the molecule is COc1ccc([I+]c2ccc(OC)cc2)cc1.O=[As](O)(O)F.O=[As](O)(O)F.O=[As](O)(O)F.O=[As](O)(O)F.O=[As](O)(O)F.O=[As]([O-])(O)F. The Labute approximate surface area is 289 Å². The molecule has 0 aliphatic heterocycles. The van der Waals surface area contributed by atoms with Crippen LogP contribution in [0.25, 0.3) is 0 Å². The van der Waals surface area contributed by atoms with Gasteiger partial charge in [-0.15, -0.1) is 0 Å². The normalized spacial score (nSPS) is 12.2. The third-order valence-corrected chi connectivity index (χ3v) is 5.00.